The highest BCUT2D eigenvalue weighted by Gasteiger charge is 2.19. The monoisotopic (exact) mass is 262 g/mol. The predicted octanol–water partition coefficient (Wildman–Crippen LogP) is -0.0525. The van der Waals surface area contributed by atoms with E-state index in [-0.39, 0.29) is 24.9 Å². The Balaban J connectivity index is 1.96. The number of rotatable bonds is 3. The summed E-state index contributed by atoms with van der Waals surface area (Å²) in [6, 6.07) is 5.48. The fourth-order valence-corrected chi connectivity index (χ4v) is 2.07. The maximum absolute atomic E-state index is 12.0. The van der Waals surface area contributed by atoms with Gasteiger partial charge in [0.15, 0.2) is 0 Å². The first kappa shape index (κ1) is 13.4. The van der Waals surface area contributed by atoms with Crippen LogP contribution in [0.25, 0.3) is 0 Å². The molecule has 6 nitrogen and oxygen atoms in total. The van der Waals surface area contributed by atoms with Gasteiger partial charge in [0.25, 0.3) is 0 Å². The summed E-state index contributed by atoms with van der Waals surface area (Å²) >= 11 is 0. The van der Waals surface area contributed by atoms with Crippen molar-refractivity contribution in [3.05, 3.63) is 23.8 Å². The SMILES string of the molecule is Cc1cccc(N)c1NC(=O)CN1CCNC(=O)C1. The Morgan fingerprint density at radius 1 is 1.53 bits per heavy atom. The Kier molecular flexibility index (Phi) is 4.01. The van der Waals surface area contributed by atoms with Crippen molar-refractivity contribution in [1.29, 1.82) is 0 Å². The zero-order valence-electron chi connectivity index (χ0n) is 10.9. The number of nitrogens with zero attached hydrogens (tertiary/aromatic N) is 1. The van der Waals surface area contributed by atoms with Gasteiger partial charge in [0, 0.05) is 13.1 Å². The molecule has 1 saturated heterocycles. The molecule has 2 rings (SSSR count). The summed E-state index contributed by atoms with van der Waals surface area (Å²) in [6.07, 6.45) is 0. The van der Waals surface area contributed by atoms with Crippen LogP contribution in [0.2, 0.25) is 0 Å². The van der Waals surface area contributed by atoms with Gasteiger partial charge in [0.2, 0.25) is 11.8 Å². The minimum Gasteiger partial charge on any atom is -0.397 e. The summed E-state index contributed by atoms with van der Waals surface area (Å²) in [5, 5.41) is 5.52. The molecule has 0 bridgehead atoms. The van der Waals surface area contributed by atoms with Crippen molar-refractivity contribution >= 4 is 23.2 Å². The lowest BCUT2D eigenvalue weighted by atomic mass is 10.1. The summed E-state index contributed by atoms with van der Waals surface area (Å²) in [4.78, 5) is 25.0. The summed E-state index contributed by atoms with van der Waals surface area (Å²) in [5.74, 6) is -0.204. The Hall–Kier alpha value is -2.08. The molecule has 1 aliphatic heterocycles. The van der Waals surface area contributed by atoms with Gasteiger partial charge >= 0.3 is 0 Å². The highest BCUT2D eigenvalue weighted by atomic mass is 16.2. The molecule has 1 heterocycles. The topological polar surface area (TPSA) is 87.5 Å². The van der Waals surface area contributed by atoms with Crippen molar-refractivity contribution in [3.8, 4) is 0 Å². The molecule has 0 aromatic heterocycles. The van der Waals surface area contributed by atoms with E-state index >= 15 is 0 Å². The number of piperazine rings is 1. The fourth-order valence-electron chi connectivity index (χ4n) is 2.07. The number of nitrogen functional groups attached to an aromatic ring is 1. The van der Waals surface area contributed by atoms with Gasteiger partial charge in [-0.25, -0.2) is 0 Å². The molecule has 6 heteroatoms. The fraction of sp³-hybridized carbons (Fsp3) is 0.385. The van der Waals surface area contributed by atoms with Crippen molar-refractivity contribution in [3.63, 3.8) is 0 Å². The highest BCUT2D eigenvalue weighted by Crippen LogP contribution is 2.22. The molecule has 19 heavy (non-hydrogen) atoms. The molecule has 1 aromatic carbocycles. The number of benzene rings is 1. The first-order valence-corrected chi connectivity index (χ1v) is 6.20. The lowest BCUT2D eigenvalue weighted by Gasteiger charge is -2.25. The minimum absolute atomic E-state index is 0.0468. The number of carbonyl (C=O) groups is 2. The third kappa shape index (κ3) is 3.45. The number of aryl methyl sites for hydroxylation is 1. The van der Waals surface area contributed by atoms with Gasteiger partial charge in [-0.2, -0.15) is 0 Å². The van der Waals surface area contributed by atoms with Crippen LogP contribution in [0.15, 0.2) is 18.2 Å². The number of hydrogen-bond acceptors (Lipinski definition) is 4. The van der Waals surface area contributed by atoms with Gasteiger partial charge in [-0.15, -0.1) is 0 Å². The third-order valence-corrected chi connectivity index (χ3v) is 3.05. The second kappa shape index (κ2) is 5.71. The Labute approximate surface area is 112 Å². The van der Waals surface area contributed by atoms with Gasteiger partial charge in [0.1, 0.15) is 0 Å². The van der Waals surface area contributed by atoms with E-state index in [0.717, 1.165) is 5.56 Å². The quantitative estimate of drug-likeness (QED) is 0.666. The van der Waals surface area contributed by atoms with Crippen LogP contribution in [0.4, 0.5) is 11.4 Å². The number of hydrogen-bond donors (Lipinski definition) is 3. The molecule has 0 unspecified atom stereocenters. The number of carbonyl (C=O) groups excluding carboxylic acids is 2. The Bertz CT molecular complexity index is 481. The molecule has 0 saturated carbocycles. The van der Waals surface area contributed by atoms with E-state index in [4.69, 9.17) is 5.73 Å². The summed E-state index contributed by atoms with van der Waals surface area (Å²) < 4.78 is 0. The van der Waals surface area contributed by atoms with Crippen molar-refractivity contribution in [2.45, 2.75) is 6.92 Å². The Morgan fingerprint density at radius 2 is 2.32 bits per heavy atom. The van der Waals surface area contributed by atoms with E-state index in [0.29, 0.717) is 24.5 Å². The zero-order valence-corrected chi connectivity index (χ0v) is 10.9. The Morgan fingerprint density at radius 3 is 3.00 bits per heavy atom. The molecule has 1 aliphatic rings. The zero-order chi connectivity index (χ0) is 13.8. The number of anilines is 2. The molecule has 0 atom stereocenters. The van der Waals surface area contributed by atoms with Crippen LogP contribution in [0.1, 0.15) is 5.56 Å². The maximum Gasteiger partial charge on any atom is 0.238 e. The lowest BCUT2D eigenvalue weighted by molar-refractivity contribution is -0.125. The van der Waals surface area contributed by atoms with E-state index in [1.165, 1.54) is 0 Å². The number of para-hydroxylation sites is 1. The smallest absolute Gasteiger partial charge is 0.238 e. The second-order valence-electron chi connectivity index (χ2n) is 4.65. The van der Waals surface area contributed by atoms with E-state index in [9.17, 15) is 9.59 Å². The van der Waals surface area contributed by atoms with Crippen LogP contribution >= 0.6 is 0 Å². The maximum atomic E-state index is 12.0. The molecule has 0 radical (unpaired) electrons. The van der Waals surface area contributed by atoms with Crippen molar-refractivity contribution in [1.82, 2.24) is 10.2 Å². The first-order chi connectivity index (χ1) is 9.06. The highest BCUT2D eigenvalue weighted by molar-refractivity contribution is 5.96. The average molecular weight is 262 g/mol. The first-order valence-electron chi connectivity index (χ1n) is 6.20. The molecule has 1 aromatic rings. The van der Waals surface area contributed by atoms with Crippen molar-refractivity contribution in [2.24, 2.45) is 0 Å². The molecular weight excluding hydrogens is 244 g/mol. The van der Waals surface area contributed by atoms with Crippen LogP contribution in [-0.4, -0.2) is 42.9 Å². The molecular formula is C13H18N4O2. The van der Waals surface area contributed by atoms with Gasteiger partial charge in [0.05, 0.1) is 24.5 Å². The van der Waals surface area contributed by atoms with Gasteiger partial charge in [-0.3, -0.25) is 14.5 Å². The van der Waals surface area contributed by atoms with Crippen LogP contribution in [0.3, 0.4) is 0 Å². The number of nitrogens with one attached hydrogen (secondary N) is 2. The molecule has 4 N–H and O–H groups in total. The van der Waals surface area contributed by atoms with Gasteiger partial charge in [-0.05, 0) is 18.6 Å². The van der Waals surface area contributed by atoms with E-state index in [1.54, 1.807) is 6.07 Å². The molecule has 0 spiro atoms. The summed E-state index contributed by atoms with van der Waals surface area (Å²) in [5.41, 5.74) is 7.95. The second-order valence-corrected chi connectivity index (χ2v) is 4.65. The van der Waals surface area contributed by atoms with Gasteiger partial charge in [-0.1, -0.05) is 12.1 Å². The normalized spacial score (nSPS) is 15.9. The standard InChI is InChI=1S/C13H18N4O2/c1-9-3-2-4-10(14)13(9)16-12(19)8-17-6-5-15-11(18)7-17/h2-4H,5-8,14H2,1H3,(H,15,18)(H,16,19). The van der Waals surface area contributed by atoms with Crippen LogP contribution in [0.5, 0.6) is 0 Å². The van der Waals surface area contributed by atoms with Crippen LogP contribution < -0.4 is 16.4 Å². The third-order valence-electron chi connectivity index (χ3n) is 3.05. The van der Waals surface area contributed by atoms with Crippen molar-refractivity contribution < 1.29 is 9.59 Å². The average Bonchev–Trinajstić information content (AvgIpc) is 2.34. The number of amides is 2. The van der Waals surface area contributed by atoms with Gasteiger partial charge < -0.3 is 16.4 Å². The predicted molar refractivity (Wildman–Crippen MR) is 73.7 cm³/mol. The van der Waals surface area contributed by atoms with Crippen LogP contribution in [-0.2, 0) is 9.59 Å². The molecule has 2 amide bonds. The number of nitrogens with two attached hydrogens (primary N) is 1. The van der Waals surface area contributed by atoms with E-state index in [1.807, 2.05) is 24.0 Å². The summed E-state index contributed by atoms with van der Waals surface area (Å²) in [6.45, 7) is 3.61. The van der Waals surface area contributed by atoms with Crippen LogP contribution in [0, 0.1) is 6.92 Å². The molecule has 102 valence electrons. The van der Waals surface area contributed by atoms with E-state index in [2.05, 4.69) is 10.6 Å². The molecule has 0 aliphatic carbocycles. The minimum atomic E-state index is -0.157. The summed E-state index contributed by atoms with van der Waals surface area (Å²) in [7, 11) is 0. The van der Waals surface area contributed by atoms with E-state index < -0.39 is 0 Å². The van der Waals surface area contributed by atoms with Crippen molar-refractivity contribution in [2.75, 3.05) is 37.2 Å². The molecule has 1 fully saturated rings. The largest absolute Gasteiger partial charge is 0.397 e. The lowest BCUT2D eigenvalue weighted by Crippen LogP contribution is -2.49.